The second-order valence-corrected chi connectivity index (χ2v) is 9.28. The molecule has 2 aliphatic rings. The molecule has 2 saturated heterocycles. The topological polar surface area (TPSA) is 114 Å². The molecule has 1 aromatic carbocycles. The molecule has 2 unspecified atom stereocenters. The zero-order valence-corrected chi connectivity index (χ0v) is 18.2. The molecule has 2 aromatic rings. The number of nitrogens with zero attached hydrogens (tertiary/aromatic N) is 3. The normalized spacial score (nSPS) is 22.6. The van der Waals surface area contributed by atoms with E-state index in [1.165, 1.54) is 40.8 Å². The van der Waals surface area contributed by atoms with Crippen LogP contribution in [0.2, 0.25) is 0 Å². The first-order chi connectivity index (χ1) is 14.3. The van der Waals surface area contributed by atoms with Crippen LogP contribution in [0.25, 0.3) is 0 Å². The van der Waals surface area contributed by atoms with Gasteiger partial charge in [0, 0.05) is 25.2 Å². The molecule has 0 aliphatic carbocycles. The summed E-state index contributed by atoms with van der Waals surface area (Å²) < 4.78 is 58.9. The smallest absolute Gasteiger partial charge is 0.302 e. The number of carbonyl (C=O) groups is 1. The highest BCUT2D eigenvalue weighted by Crippen LogP contribution is 2.38. The van der Waals surface area contributed by atoms with Gasteiger partial charge in [-0.25, -0.2) is 4.39 Å². The molecule has 10 nitrogen and oxygen atoms in total. The lowest BCUT2D eigenvalue weighted by molar-refractivity contribution is -0.134. The summed E-state index contributed by atoms with van der Waals surface area (Å²) in [4.78, 5) is 14.1. The van der Waals surface area contributed by atoms with Gasteiger partial charge in [-0.3, -0.25) is 9.52 Å². The van der Waals surface area contributed by atoms with E-state index in [-0.39, 0.29) is 48.0 Å². The molecule has 2 atom stereocenters. The van der Waals surface area contributed by atoms with E-state index in [0.29, 0.717) is 5.75 Å². The van der Waals surface area contributed by atoms with Gasteiger partial charge in [0.25, 0.3) is 5.91 Å². The minimum atomic E-state index is -3.89. The van der Waals surface area contributed by atoms with Crippen molar-refractivity contribution in [3.63, 3.8) is 0 Å². The van der Waals surface area contributed by atoms with Crippen LogP contribution in [0.5, 0.6) is 5.75 Å². The number of carbonyl (C=O) groups excluding carboxylic acids is 1. The predicted octanol–water partition coefficient (Wildman–Crippen LogP) is 1.75. The average Bonchev–Trinajstić information content (AvgIpc) is 3.21. The van der Waals surface area contributed by atoms with Crippen molar-refractivity contribution in [1.29, 1.82) is 0 Å². The van der Waals surface area contributed by atoms with Crippen LogP contribution in [0.1, 0.15) is 6.42 Å². The van der Waals surface area contributed by atoms with E-state index >= 15 is 0 Å². The number of piperidine rings is 1. The van der Waals surface area contributed by atoms with Crippen LogP contribution in [0.4, 0.5) is 15.9 Å². The van der Waals surface area contributed by atoms with E-state index in [4.69, 9.17) is 9.47 Å². The van der Waals surface area contributed by atoms with Crippen molar-refractivity contribution in [2.75, 3.05) is 36.4 Å². The summed E-state index contributed by atoms with van der Waals surface area (Å²) in [6, 6.07) is 3.58. The van der Waals surface area contributed by atoms with Crippen molar-refractivity contribution < 1.29 is 31.6 Å². The molecule has 0 radical (unpaired) electrons. The monoisotopic (exact) mass is 504 g/mol. The van der Waals surface area contributed by atoms with Gasteiger partial charge in [-0.05, 0) is 28.4 Å². The summed E-state index contributed by atoms with van der Waals surface area (Å²) in [5.41, 5.74) is 0.276. The first-order valence-corrected chi connectivity index (χ1v) is 11.2. The maximum absolute atomic E-state index is 14.2. The number of fused-ring (bicyclic) bond motifs is 1. The van der Waals surface area contributed by atoms with Crippen LogP contribution in [-0.2, 0) is 19.7 Å². The molecular formula is C17H18BrFN4O6S. The Bertz CT molecular complexity index is 1050. The largest absolute Gasteiger partial charge is 0.495 e. The number of amides is 1. The second kappa shape index (κ2) is 8.13. The van der Waals surface area contributed by atoms with Crippen LogP contribution in [0.15, 0.2) is 33.5 Å². The summed E-state index contributed by atoms with van der Waals surface area (Å²) in [7, 11) is -2.46. The van der Waals surface area contributed by atoms with Gasteiger partial charge in [-0.1, -0.05) is 5.16 Å². The fourth-order valence-electron chi connectivity index (χ4n) is 3.63. The molecule has 3 heterocycles. The van der Waals surface area contributed by atoms with Crippen molar-refractivity contribution in [2.45, 2.75) is 18.6 Å². The van der Waals surface area contributed by atoms with Crippen LogP contribution >= 0.6 is 15.9 Å². The maximum Gasteiger partial charge on any atom is 0.302 e. The number of hydrogen-bond donors (Lipinski definition) is 1. The van der Waals surface area contributed by atoms with E-state index in [1.807, 2.05) is 0 Å². The fourth-order valence-corrected chi connectivity index (χ4v) is 5.14. The third kappa shape index (κ3) is 3.89. The number of nitrogens with one attached hydrogen (secondary N) is 1. The van der Waals surface area contributed by atoms with E-state index in [9.17, 15) is 17.6 Å². The molecule has 1 N–H and O–H groups in total. The van der Waals surface area contributed by atoms with Crippen LogP contribution in [-0.4, -0.2) is 62.7 Å². The van der Waals surface area contributed by atoms with Crippen molar-refractivity contribution >= 4 is 43.6 Å². The van der Waals surface area contributed by atoms with Gasteiger partial charge in [0.1, 0.15) is 24.4 Å². The third-order valence-electron chi connectivity index (χ3n) is 5.00. The van der Waals surface area contributed by atoms with Gasteiger partial charge in [0.2, 0.25) is 0 Å². The fraction of sp³-hybridized carbons (Fsp3) is 0.412. The van der Waals surface area contributed by atoms with E-state index < -0.39 is 28.2 Å². The molecule has 0 spiro atoms. The lowest BCUT2D eigenvalue weighted by Crippen LogP contribution is -2.62. The third-order valence-corrected chi connectivity index (χ3v) is 7.09. The molecule has 0 bridgehead atoms. The van der Waals surface area contributed by atoms with E-state index in [0.717, 1.165) is 0 Å². The van der Waals surface area contributed by atoms with Gasteiger partial charge in [0.05, 0.1) is 29.4 Å². The molecule has 0 saturated carbocycles. The standard InChI is InChI=1S/C17H18BrFN4O6S/c1-27-14-6-10(18)11(19)7-13(14)23-12-2-4-22(8-15(12)28-9-17(23)24)30(25,26)21-16-3-5-29-20-16/h3,5-7,12,15H,2,4,8-9H2,1H3,(H,20,21). The highest BCUT2D eigenvalue weighted by Gasteiger charge is 2.44. The Labute approximate surface area is 180 Å². The summed E-state index contributed by atoms with van der Waals surface area (Å²) in [5, 5.41) is 3.54. The number of hydrogen-bond acceptors (Lipinski definition) is 7. The lowest BCUT2D eigenvalue weighted by Gasteiger charge is -2.46. The molecule has 4 rings (SSSR count). The number of aromatic nitrogens is 1. The molecule has 1 amide bonds. The Morgan fingerprint density at radius 3 is 2.90 bits per heavy atom. The average molecular weight is 505 g/mol. The Morgan fingerprint density at radius 1 is 1.40 bits per heavy atom. The number of morpholine rings is 1. The van der Waals surface area contributed by atoms with E-state index in [1.54, 1.807) is 0 Å². The molecule has 162 valence electrons. The van der Waals surface area contributed by atoms with Crippen LogP contribution < -0.4 is 14.4 Å². The molecule has 30 heavy (non-hydrogen) atoms. The maximum atomic E-state index is 14.2. The molecule has 1 aromatic heterocycles. The van der Waals surface area contributed by atoms with Crippen molar-refractivity contribution in [3.8, 4) is 5.75 Å². The summed E-state index contributed by atoms with van der Waals surface area (Å²) in [6.45, 7) is -0.113. The van der Waals surface area contributed by atoms with Crippen molar-refractivity contribution in [1.82, 2.24) is 9.46 Å². The Balaban J connectivity index is 1.58. The number of benzene rings is 1. The van der Waals surface area contributed by atoms with Crippen molar-refractivity contribution in [3.05, 3.63) is 34.8 Å². The Morgan fingerprint density at radius 2 is 2.20 bits per heavy atom. The minimum Gasteiger partial charge on any atom is -0.495 e. The zero-order valence-electron chi connectivity index (χ0n) is 15.7. The molecular weight excluding hydrogens is 487 g/mol. The van der Waals surface area contributed by atoms with Gasteiger partial charge in [0.15, 0.2) is 5.82 Å². The van der Waals surface area contributed by atoms with E-state index in [2.05, 4.69) is 30.3 Å². The van der Waals surface area contributed by atoms with Gasteiger partial charge in [-0.15, -0.1) is 0 Å². The zero-order chi connectivity index (χ0) is 21.5. The summed E-state index contributed by atoms with van der Waals surface area (Å²) in [5.74, 6) is -0.514. The van der Waals surface area contributed by atoms with Gasteiger partial charge >= 0.3 is 10.2 Å². The molecule has 2 fully saturated rings. The molecule has 13 heteroatoms. The first kappa shape index (κ1) is 21.0. The minimum absolute atomic E-state index is 0.0168. The molecule has 2 aliphatic heterocycles. The summed E-state index contributed by atoms with van der Waals surface area (Å²) >= 11 is 3.11. The van der Waals surface area contributed by atoms with Gasteiger partial charge < -0.3 is 18.9 Å². The number of rotatable bonds is 5. The summed E-state index contributed by atoms with van der Waals surface area (Å²) in [6.07, 6.45) is 0.946. The number of halogens is 2. The second-order valence-electron chi connectivity index (χ2n) is 6.76. The first-order valence-electron chi connectivity index (χ1n) is 8.95. The SMILES string of the molecule is COc1cc(Br)c(F)cc1N1C(=O)COC2CN(S(=O)(=O)Nc3ccon3)CCC21. The van der Waals surface area contributed by atoms with Gasteiger partial charge in [-0.2, -0.15) is 12.7 Å². The highest BCUT2D eigenvalue weighted by molar-refractivity contribution is 9.10. The van der Waals surface area contributed by atoms with Crippen LogP contribution in [0, 0.1) is 5.82 Å². The predicted molar refractivity (Wildman–Crippen MR) is 107 cm³/mol. The van der Waals surface area contributed by atoms with Crippen molar-refractivity contribution in [2.24, 2.45) is 0 Å². The van der Waals surface area contributed by atoms with Crippen LogP contribution in [0.3, 0.4) is 0 Å². The number of anilines is 2. The highest BCUT2D eigenvalue weighted by atomic mass is 79.9. The number of methoxy groups -OCH3 is 1. The number of ether oxygens (including phenoxy) is 2. The Kier molecular flexibility index (Phi) is 5.70. The quantitative estimate of drug-likeness (QED) is 0.659. The Hall–Kier alpha value is -2.22. The lowest BCUT2D eigenvalue weighted by atomic mass is 9.98.